The van der Waals surface area contributed by atoms with Crippen LogP contribution >= 0.6 is 23.1 Å². The molecule has 112 valence electrons. The fraction of sp³-hybridized carbons (Fsp3) is 0.0667. The summed E-state index contributed by atoms with van der Waals surface area (Å²) < 4.78 is 27.2. The Morgan fingerprint density at radius 2 is 2.05 bits per heavy atom. The highest BCUT2D eigenvalue weighted by Gasteiger charge is 2.10. The normalized spacial score (nSPS) is 10.8. The summed E-state index contributed by atoms with van der Waals surface area (Å²) in [6.45, 7) is 0. The molecule has 0 saturated carbocycles. The minimum Gasteiger partial charge on any atom is -0.301 e. The molecule has 0 unspecified atom stereocenters. The summed E-state index contributed by atoms with van der Waals surface area (Å²) >= 11 is 2.31. The molecule has 0 aliphatic carbocycles. The number of anilines is 1. The van der Waals surface area contributed by atoms with Crippen molar-refractivity contribution in [1.82, 2.24) is 4.98 Å². The monoisotopic (exact) mass is 336 g/mol. The first-order chi connectivity index (χ1) is 10.6. The Morgan fingerprint density at radius 3 is 2.86 bits per heavy atom. The number of fused-ring (bicyclic) bond motifs is 1. The van der Waals surface area contributed by atoms with Crippen molar-refractivity contribution in [3.8, 4) is 0 Å². The van der Waals surface area contributed by atoms with E-state index >= 15 is 0 Å². The third kappa shape index (κ3) is 3.42. The van der Waals surface area contributed by atoms with Crippen molar-refractivity contribution in [2.45, 2.75) is 4.90 Å². The molecule has 3 rings (SSSR count). The smallest absolute Gasteiger partial charge is 0.236 e. The predicted molar refractivity (Wildman–Crippen MR) is 85.3 cm³/mol. The summed E-state index contributed by atoms with van der Waals surface area (Å²) in [4.78, 5) is 16.5. The number of amides is 1. The third-order valence-electron chi connectivity index (χ3n) is 2.79. The van der Waals surface area contributed by atoms with Crippen LogP contribution in [-0.4, -0.2) is 16.6 Å². The second-order valence-corrected chi connectivity index (χ2v) is 6.45. The average molecular weight is 336 g/mol. The lowest BCUT2D eigenvalue weighted by atomic mass is 10.3. The Labute approximate surface area is 133 Å². The molecule has 0 atom stereocenters. The molecule has 1 amide bonds. The number of hydrogen-bond acceptors (Lipinski definition) is 4. The van der Waals surface area contributed by atoms with Gasteiger partial charge in [-0.2, -0.15) is 0 Å². The van der Waals surface area contributed by atoms with Crippen LogP contribution in [0.25, 0.3) is 10.2 Å². The minimum absolute atomic E-state index is 0.0746. The summed E-state index contributed by atoms with van der Waals surface area (Å²) in [5.74, 6) is -0.904. The number of nitrogens with one attached hydrogen (secondary N) is 1. The van der Waals surface area contributed by atoms with Gasteiger partial charge in [0.15, 0.2) is 5.13 Å². The van der Waals surface area contributed by atoms with E-state index in [1.54, 1.807) is 24.3 Å². The Balaban J connectivity index is 1.64. The highest BCUT2D eigenvalue weighted by atomic mass is 32.2. The average Bonchev–Trinajstić information content (AvgIpc) is 2.87. The molecule has 1 aromatic heterocycles. The zero-order valence-corrected chi connectivity index (χ0v) is 12.8. The van der Waals surface area contributed by atoms with E-state index in [1.165, 1.54) is 29.5 Å². The topological polar surface area (TPSA) is 42.0 Å². The molecule has 1 heterocycles. The summed E-state index contributed by atoms with van der Waals surface area (Å²) in [5, 5.41) is 3.05. The minimum atomic E-state index is -0.351. The largest absolute Gasteiger partial charge is 0.301 e. The fourth-order valence-electron chi connectivity index (χ4n) is 1.81. The molecule has 0 aliphatic heterocycles. The third-order valence-corrected chi connectivity index (χ3v) is 4.77. The van der Waals surface area contributed by atoms with Crippen molar-refractivity contribution in [2.75, 3.05) is 11.1 Å². The number of aromatic nitrogens is 1. The fourth-order valence-corrected chi connectivity index (χ4v) is 3.46. The second kappa shape index (κ2) is 6.41. The number of rotatable bonds is 4. The predicted octanol–water partition coefficient (Wildman–Crippen LogP) is 4.31. The van der Waals surface area contributed by atoms with Crippen molar-refractivity contribution >= 4 is 44.4 Å². The van der Waals surface area contributed by atoms with Crippen LogP contribution in [0.3, 0.4) is 0 Å². The highest BCUT2D eigenvalue weighted by molar-refractivity contribution is 8.00. The molecular weight excluding hydrogens is 326 g/mol. The zero-order valence-electron chi connectivity index (χ0n) is 11.2. The second-order valence-electron chi connectivity index (χ2n) is 4.40. The van der Waals surface area contributed by atoms with E-state index in [4.69, 9.17) is 0 Å². The van der Waals surface area contributed by atoms with Gasteiger partial charge in [0, 0.05) is 4.90 Å². The van der Waals surface area contributed by atoms with E-state index < -0.39 is 0 Å². The van der Waals surface area contributed by atoms with E-state index in [0.717, 1.165) is 11.8 Å². The number of nitrogens with zero attached hydrogens (tertiary/aromatic N) is 1. The number of thiazole rings is 1. The molecule has 7 heteroatoms. The molecule has 0 radical (unpaired) electrons. The summed E-state index contributed by atoms with van der Waals surface area (Å²) in [6, 6.07) is 10.5. The van der Waals surface area contributed by atoms with Crippen LogP contribution in [0.2, 0.25) is 0 Å². The van der Waals surface area contributed by atoms with E-state index in [0.29, 0.717) is 20.2 Å². The maximum absolute atomic E-state index is 13.4. The number of carbonyl (C=O) groups is 1. The van der Waals surface area contributed by atoms with Crippen molar-refractivity contribution in [2.24, 2.45) is 0 Å². The van der Waals surface area contributed by atoms with Gasteiger partial charge in [-0.25, -0.2) is 13.8 Å². The van der Waals surface area contributed by atoms with Gasteiger partial charge in [-0.1, -0.05) is 23.5 Å². The first kappa shape index (κ1) is 14.9. The molecule has 0 fully saturated rings. The van der Waals surface area contributed by atoms with Crippen LogP contribution < -0.4 is 5.32 Å². The van der Waals surface area contributed by atoms with E-state index in [2.05, 4.69) is 10.3 Å². The summed E-state index contributed by atoms with van der Waals surface area (Å²) in [7, 11) is 0. The van der Waals surface area contributed by atoms with Gasteiger partial charge >= 0.3 is 0 Å². The lowest BCUT2D eigenvalue weighted by Gasteiger charge is -2.02. The highest BCUT2D eigenvalue weighted by Crippen LogP contribution is 2.27. The maximum Gasteiger partial charge on any atom is 0.236 e. The molecule has 0 aliphatic rings. The zero-order chi connectivity index (χ0) is 15.5. The Hall–Kier alpha value is -1.99. The first-order valence-electron chi connectivity index (χ1n) is 6.35. The molecular formula is C15H10F2N2OS2. The van der Waals surface area contributed by atoms with Gasteiger partial charge in [0.2, 0.25) is 5.91 Å². The van der Waals surface area contributed by atoms with Gasteiger partial charge in [0.1, 0.15) is 11.6 Å². The molecule has 3 aromatic rings. The van der Waals surface area contributed by atoms with Crippen molar-refractivity contribution < 1.29 is 13.6 Å². The molecule has 0 bridgehead atoms. The number of hydrogen-bond donors (Lipinski definition) is 1. The van der Waals surface area contributed by atoms with E-state index in [-0.39, 0.29) is 23.3 Å². The number of thioether (sulfide) groups is 1. The summed E-state index contributed by atoms with van der Waals surface area (Å²) in [5.41, 5.74) is 0.628. The standard InChI is InChI=1S/C15H10F2N2OS2/c16-9-5-6-11-13(7-9)22-15(18-11)19-14(20)8-21-12-4-2-1-3-10(12)17/h1-7H,8H2,(H,18,19,20). The van der Waals surface area contributed by atoms with E-state index in [9.17, 15) is 13.6 Å². The lowest BCUT2D eigenvalue weighted by molar-refractivity contribution is -0.113. The molecule has 1 N–H and O–H groups in total. The van der Waals surface area contributed by atoms with E-state index in [1.807, 2.05) is 0 Å². The quantitative estimate of drug-likeness (QED) is 0.722. The SMILES string of the molecule is O=C(CSc1ccccc1F)Nc1nc2ccc(F)cc2s1. The Bertz CT molecular complexity index is 835. The first-order valence-corrected chi connectivity index (χ1v) is 8.15. The maximum atomic E-state index is 13.4. The molecule has 2 aromatic carbocycles. The summed E-state index contributed by atoms with van der Waals surface area (Å²) in [6.07, 6.45) is 0. The molecule has 0 spiro atoms. The Morgan fingerprint density at radius 1 is 1.23 bits per heavy atom. The van der Waals surface area contributed by atoms with Gasteiger partial charge in [-0.15, -0.1) is 11.8 Å². The Kier molecular flexibility index (Phi) is 4.35. The number of halogens is 2. The molecule has 3 nitrogen and oxygen atoms in total. The molecule has 22 heavy (non-hydrogen) atoms. The number of carbonyl (C=O) groups excluding carboxylic acids is 1. The lowest BCUT2D eigenvalue weighted by Crippen LogP contribution is -2.13. The van der Waals surface area contributed by atoms with Crippen LogP contribution in [0.4, 0.5) is 13.9 Å². The van der Waals surface area contributed by atoms with Crippen LogP contribution in [-0.2, 0) is 4.79 Å². The van der Waals surface area contributed by atoms with Gasteiger partial charge in [0.25, 0.3) is 0 Å². The van der Waals surface area contributed by atoms with Crippen molar-refractivity contribution in [3.63, 3.8) is 0 Å². The van der Waals surface area contributed by atoms with Gasteiger partial charge < -0.3 is 5.32 Å². The van der Waals surface area contributed by atoms with Crippen LogP contribution in [0, 0.1) is 11.6 Å². The molecule has 0 saturated heterocycles. The van der Waals surface area contributed by atoms with Gasteiger partial charge in [0.05, 0.1) is 16.0 Å². The van der Waals surface area contributed by atoms with Crippen LogP contribution in [0.5, 0.6) is 0 Å². The van der Waals surface area contributed by atoms with Gasteiger partial charge in [-0.05, 0) is 30.3 Å². The number of benzene rings is 2. The van der Waals surface area contributed by atoms with Gasteiger partial charge in [-0.3, -0.25) is 4.79 Å². The van der Waals surface area contributed by atoms with Crippen LogP contribution in [0.1, 0.15) is 0 Å². The van der Waals surface area contributed by atoms with Crippen molar-refractivity contribution in [1.29, 1.82) is 0 Å². The van der Waals surface area contributed by atoms with Crippen molar-refractivity contribution in [3.05, 3.63) is 54.1 Å². The van der Waals surface area contributed by atoms with Crippen LogP contribution in [0.15, 0.2) is 47.4 Å².